The van der Waals surface area contributed by atoms with E-state index in [0.29, 0.717) is 11.4 Å². The molecule has 0 bridgehead atoms. The zero-order valence-electron chi connectivity index (χ0n) is 10.1. The van der Waals surface area contributed by atoms with E-state index in [1.807, 2.05) is 0 Å². The Hall–Kier alpha value is -1.93. The summed E-state index contributed by atoms with van der Waals surface area (Å²) >= 11 is 8.98. The first-order chi connectivity index (χ1) is 9.49. The predicted molar refractivity (Wildman–Crippen MR) is 77.7 cm³/mol. The first kappa shape index (κ1) is 14.5. The molecule has 0 aliphatic heterocycles. The second kappa shape index (κ2) is 6.02. The lowest BCUT2D eigenvalue weighted by molar-refractivity contribution is -0.384. The normalized spacial score (nSPS) is 10.2. The second-order valence-electron chi connectivity index (χ2n) is 3.63. The summed E-state index contributed by atoms with van der Waals surface area (Å²) in [6, 6.07) is 5.15. The molecule has 0 amide bonds. The molecule has 0 radical (unpaired) electrons. The highest BCUT2D eigenvalue weighted by Crippen LogP contribution is 2.30. The Labute approximate surface area is 127 Å². The molecule has 0 unspecified atom stereocenters. The maximum absolute atomic E-state index is 10.9. The highest BCUT2D eigenvalue weighted by atomic mass is 79.9. The number of nitrogens with one attached hydrogen (secondary N) is 1. The number of halogens is 2. The van der Waals surface area contributed by atoms with Crippen LogP contribution in [0.5, 0.6) is 5.75 Å². The van der Waals surface area contributed by atoms with Crippen molar-refractivity contribution in [1.29, 1.82) is 0 Å². The molecule has 0 aliphatic carbocycles. The average Bonchev–Trinajstić information content (AvgIpc) is 2.37. The maximum Gasteiger partial charge on any atom is 0.329 e. The van der Waals surface area contributed by atoms with E-state index in [2.05, 4.69) is 31.2 Å². The van der Waals surface area contributed by atoms with E-state index in [0.717, 1.165) is 10.7 Å². The minimum atomic E-state index is -0.589. The van der Waals surface area contributed by atoms with Crippen molar-refractivity contribution in [2.75, 3.05) is 12.4 Å². The Balaban J connectivity index is 2.41. The lowest BCUT2D eigenvalue weighted by Gasteiger charge is -2.08. The van der Waals surface area contributed by atoms with Crippen LogP contribution in [0.15, 0.2) is 28.9 Å². The number of anilines is 2. The largest absolute Gasteiger partial charge is 0.497 e. The molecule has 20 heavy (non-hydrogen) atoms. The molecule has 0 spiro atoms. The van der Waals surface area contributed by atoms with Gasteiger partial charge in [0, 0.05) is 16.2 Å². The van der Waals surface area contributed by atoms with Gasteiger partial charge in [0.2, 0.25) is 11.1 Å². The summed E-state index contributed by atoms with van der Waals surface area (Å²) in [5.74, 6) is 0.597. The van der Waals surface area contributed by atoms with Gasteiger partial charge >= 0.3 is 5.69 Å². The van der Waals surface area contributed by atoms with Crippen LogP contribution in [0.2, 0.25) is 5.28 Å². The second-order valence-corrected chi connectivity index (χ2v) is 4.89. The quantitative estimate of drug-likeness (QED) is 0.510. The summed E-state index contributed by atoms with van der Waals surface area (Å²) in [5, 5.41) is 13.7. The molecule has 0 atom stereocenters. The Bertz CT molecular complexity index is 668. The highest BCUT2D eigenvalue weighted by molar-refractivity contribution is 9.10. The topological polar surface area (TPSA) is 90.2 Å². The Morgan fingerprint density at radius 2 is 2.20 bits per heavy atom. The van der Waals surface area contributed by atoms with Crippen molar-refractivity contribution in [3.63, 3.8) is 0 Å². The summed E-state index contributed by atoms with van der Waals surface area (Å²) in [4.78, 5) is 17.7. The van der Waals surface area contributed by atoms with Crippen LogP contribution in [0, 0.1) is 10.1 Å². The van der Waals surface area contributed by atoms with Crippen LogP contribution in [-0.4, -0.2) is 22.0 Å². The monoisotopic (exact) mass is 358 g/mol. The lowest BCUT2D eigenvalue weighted by atomic mass is 10.3. The molecule has 1 aromatic carbocycles. The Morgan fingerprint density at radius 1 is 1.45 bits per heavy atom. The molecule has 0 fully saturated rings. The molecule has 0 saturated heterocycles. The number of nitro groups is 1. The maximum atomic E-state index is 10.9. The fourth-order valence-corrected chi connectivity index (χ4v) is 2.07. The first-order valence-corrected chi connectivity index (χ1v) is 6.45. The van der Waals surface area contributed by atoms with Crippen LogP contribution in [0.3, 0.4) is 0 Å². The number of aromatic nitrogens is 2. The van der Waals surface area contributed by atoms with Gasteiger partial charge in [0.15, 0.2) is 0 Å². The van der Waals surface area contributed by atoms with E-state index < -0.39 is 4.92 Å². The van der Waals surface area contributed by atoms with Crippen LogP contribution >= 0.6 is 27.5 Å². The van der Waals surface area contributed by atoms with Crippen LogP contribution in [0.25, 0.3) is 0 Å². The molecule has 7 nitrogen and oxygen atoms in total. The van der Waals surface area contributed by atoms with Crippen molar-refractivity contribution in [3.8, 4) is 5.75 Å². The van der Waals surface area contributed by atoms with Crippen LogP contribution in [0.1, 0.15) is 0 Å². The van der Waals surface area contributed by atoms with Gasteiger partial charge in [-0.05, 0) is 23.7 Å². The van der Waals surface area contributed by atoms with Crippen molar-refractivity contribution in [1.82, 2.24) is 9.97 Å². The molecular formula is C11H8BrClN4O3. The van der Waals surface area contributed by atoms with Crippen molar-refractivity contribution in [2.45, 2.75) is 0 Å². The average molecular weight is 360 g/mol. The van der Waals surface area contributed by atoms with E-state index in [4.69, 9.17) is 16.3 Å². The third-order valence-electron chi connectivity index (χ3n) is 2.31. The van der Waals surface area contributed by atoms with Gasteiger partial charge in [0.05, 0.1) is 12.0 Å². The summed E-state index contributed by atoms with van der Waals surface area (Å²) in [6.45, 7) is 0. The SMILES string of the molecule is COc1cc(Br)cc(Nc2nc(Cl)ncc2[N+](=O)[O-])c1. The molecule has 9 heteroatoms. The summed E-state index contributed by atoms with van der Waals surface area (Å²) < 4.78 is 5.86. The van der Waals surface area contributed by atoms with Gasteiger partial charge in [-0.2, -0.15) is 4.98 Å². The number of hydrogen-bond acceptors (Lipinski definition) is 6. The summed E-state index contributed by atoms with van der Waals surface area (Å²) in [5.41, 5.74) is 0.294. The van der Waals surface area contributed by atoms with Gasteiger partial charge in [-0.3, -0.25) is 10.1 Å². The van der Waals surface area contributed by atoms with E-state index in [1.165, 1.54) is 7.11 Å². The molecule has 104 valence electrons. The molecule has 2 aromatic rings. The van der Waals surface area contributed by atoms with Crippen LogP contribution < -0.4 is 10.1 Å². The fourth-order valence-electron chi connectivity index (χ4n) is 1.47. The molecular weight excluding hydrogens is 352 g/mol. The van der Waals surface area contributed by atoms with Gasteiger partial charge < -0.3 is 10.1 Å². The van der Waals surface area contributed by atoms with Crippen molar-refractivity contribution < 1.29 is 9.66 Å². The summed E-state index contributed by atoms with van der Waals surface area (Å²) in [7, 11) is 1.52. The molecule has 2 rings (SSSR count). The number of rotatable bonds is 4. The van der Waals surface area contributed by atoms with Gasteiger partial charge in [-0.25, -0.2) is 4.98 Å². The standard InChI is InChI=1S/C11H8BrClN4O3/c1-20-8-3-6(12)2-7(4-8)15-10-9(17(18)19)5-14-11(13)16-10/h2-5H,1H3,(H,14,15,16). The number of ether oxygens (including phenoxy) is 1. The van der Waals surface area contributed by atoms with Crippen molar-refractivity contribution in [2.24, 2.45) is 0 Å². The van der Waals surface area contributed by atoms with Gasteiger partial charge in [-0.1, -0.05) is 15.9 Å². The Kier molecular flexibility index (Phi) is 4.35. The smallest absolute Gasteiger partial charge is 0.329 e. The van der Waals surface area contributed by atoms with Gasteiger partial charge in [0.25, 0.3) is 0 Å². The van der Waals surface area contributed by atoms with E-state index >= 15 is 0 Å². The molecule has 0 saturated carbocycles. The van der Waals surface area contributed by atoms with E-state index in [9.17, 15) is 10.1 Å². The van der Waals surface area contributed by atoms with E-state index in [1.54, 1.807) is 18.2 Å². The molecule has 1 aromatic heterocycles. The lowest BCUT2D eigenvalue weighted by Crippen LogP contribution is -2.01. The number of benzene rings is 1. The zero-order chi connectivity index (χ0) is 14.7. The Morgan fingerprint density at radius 3 is 2.85 bits per heavy atom. The highest BCUT2D eigenvalue weighted by Gasteiger charge is 2.17. The summed E-state index contributed by atoms with van der Waals surface area (Å²) in [6.07, 6.45) is 1.05. The molecule has 1 N–H and O–H groups in total. The van der Waals surface area contributed by atoms with Crippen molar-refractivity contribution >= 4 is 44.7 Å². The van der Waals surface area contributed by atoms with E-state index in [-0.39, 0.29) is 16.8 Å². The minimum absolute atomic E-state index is 0.00940. The van der Waals surface area contributed by atoms with Crippen LogP contribution in [0.4, 0.5) is 17.2 Å². The molecule has 0 aliphatic rings. The zero-order valence-corrected chi connectivity index (χ0v) is 12.5. The number of nitrogens with zero attached hydrogens (tertiary/aromatic N) is 3. The van der Waals surface area contributed by atoms with Gasteiger partial charge in [-0.15, -0.1) is 0 Å². The van der Waals surface area contributed by atoms with Gasteiger partial charge in [0.1, 0.15) is 11.9 Å². The van der Waals surface area contributed by atoms with Crippen molar-refractivity contribution in [3.05, 3.63) is 44.3 Å². The fraction of sp³-hybridized carbons (Fsp3) is 0.0909. The number of hydrogen-bond donors (Lipinski definition) is 1. The predicted octanol–water partition coefficient (Wildman–Crippen LogP) is 3.55. The minimum Gasteiger partial charge on any atom is -0.497 e. The first-order valence-electron chi connectivity index (χ1n) is 5.28. The number of methoxy groups -OCH3 is 1. The third-order valence-corrected chi connectivity index (χ3v) is 2.95. The third kappa shape index (κ3) is 3.34. The van der Waals surface area contributed by atoms with Crippen LogP contribution in [-0.2, 0) is 0 Å². The molecule has 1 heterocycles.